The molecule has 0 saturated carbocycles. The Bertz CT molecular complexity index is 866. The zero-order valence-electron chi connectivity index (χ0n) is 19.0. The van der Waals surface area contributed by atoms with Crippen LogP contribution in [-0.2, 0) is 0 Å². The van der Waals surface area contributed by atoms with E-state index in [2.05, 4.69) is 87.9 Å². The molecular weight excluding hydrogens is 358 g/mol. The number of hydrogen-bond acceptors (Lipinski definition) is 4. The van der Waals surface area contributed by atoms with E-state index >= 15 is 0 Å². The third kappa shape index (κ3) is 4.26. The molecule has 4 nitrogen and oxygen atoms in total. The van der Waals surface area contributed by atoms with Crippen LogP contribution in [0.2, 0.25) is 0 Å². The average Bonchev–Trinajstić information content (AvgIpc) is 2.71. The molecule has 156 valence electrons. The summed E-state index contributed by atoms with van der Waals surface area (Å²) < 4.78 is 5.71. The first-order valence-electron chi connectivity index (χ1n) is 10.7. The molecule has 1 aliphatic rings. The molecule has 29 heavy (non-hydrogen) atoms. The van der Waals surface area contributed by atoms with E-state index in [0.29, 0.717) is 5.92 Å². The summed E-state index contributed by atoms with van der Waals surface area (Å²) in [4.78, 5) is 9.43. The lowest BCUT2D eigenvalue weighted by molar-refractivity contribution is 0.389. The van der Waals surface area contributed by atoms with E-state index in [4.69, 9.17) is 9.73 Å². The third-order valence-electron chi connectivity index (χ3n) is 6.32. The lowest BCUT2D eigenvalue weighted by Crippen LogP contribution is -2.45. The molecular formula is C25H35N3O. The summed E-state index contributed by atoms with van der Waals surface area (Å²) in [6, 6.07) is 12.9. The summed E-state index contributed by atoms with van der Waals surface area (Å²) in [6.07, 6.45) is 3.06. The number of aliphatic imine (C=N–C) groups is 1. The van der Waals surface area contributed by atoms with E-state index in [1.807, 2.05) is 6.21 Å². The SMILES string of the molecule is CCN(CC)c1ccc(N=Cc2cc3c(cc2OC)N(C)C(C)(C)CC3C)cc1. The van der Waals surface area contributed by atoms with E-state index in [-0.39, 0.29) is 5.54 Å². The summed E-state index contributed by atoms with van der Waals surface area (Å²) in [5.74, 6) is 1.37. The van der Waals surface area contributed by atoms with Crippen molar-refractivity contribution in [3.63, 3.8) is 0 Å². The van der Waals surface area contributed by atoms with Crippen molar-refractivity contribution < 1.29 is 4.74 Å². The Balaban J connectivity index is 1.91. The summed E-state index contributed by atoms with van der Waals surface area (Å²) in [5.41, 5.74) is 5.97. The lowest BCUT2D eigenvalue weighted by atomic mass is 9.80. The molecule has 0 aromatic heterocycles. The third-order valence-corrected chi connectivity index (χ3v) is 6.32. The maximum absolute atomic E-state index is 5.71. The minimum absolute atomic E-state index is 0.139. The first-order valence-corrected chi connectivity index (χ1v) is 10.7. The smallest absolute Gasteiger partial charge is 0.129 e. The predicted molar refractivity (Wildman–Crippen MR) is 126 cm³/mol. The predicted octanol–water partition coefficient (Wildman–Crippen LogP) is 6.01. The van der Waals surface area contributed by atoms with Gasteiger partial charge in [-0.15, -0.1) is 0 Å². The Hall–Kier alpha value is -2.49. The normalized spacial score (nSPS) is 18.0. The Morgan fingerprint density at radius 2 is 1.83 bits per heavy atom. The highest BCUT2D eigenvalue weighted by Gasteiger charge is 2.34. The summed E-state index contributed by atoms with van der Waals surface area (Å²) in [6.45, 7) is 13.3. The van der Waals surface area contributed by atoms with Crippen LogP contribution in [0, 0.1) is 0 Å². The molecule has 3 rings (SSSR count). The highest BCUT2D eigenvalue weighted by Crippen LogP contribution is 2.44. The molecule has 1 heterocycles. The molecule has 0 aliphatic carbocycles. The van der Waals surface area contributed by atoms with E-state index in [9.17, 15) is 0 Å². The van der Waals surface area contributed by atoms with Crippen LogP contribution in [0.1, 0.15) is 58.1 Å². The molecule has 0 spiro atoms. The van der Waals surface area contributed by atoms with Gasteiger partial charge in [-0.2, -0.15) is 0 Å². The first kappa shape index (κ1) is 21.2. The fraction of sp³-hybridized carbons (Fsp3) is 0.480. The molecule has 0 bridgehead atoms. The van der Waals surface area contributed by atoms with Crippen molar-refractivity contribution in [2.24, 2.45) is 4.99 Å². The molecule has 2 aromatic rings. The number of anilines is 2. The Kier molecular flexibility index (Phi) is 6.21. The molecule has 0 fully saturated rings. The minimum Gasteiger partial charge on any atom is -0.496 e. The Labute approximate surface area is 176 Å². The van der Waals surface area contributed by atoms with Gasteiger partial charge in [0.15, 0.2) is 0 Å². The highest BCUT2D eigenvalue weighted by molar-refractivity contribution is 5.88. The van der Waals surface area contributed by atoms with E-state index in [0.717, 1.165) is 36.5 Å². The molecule has 2 aromatic carbocycles. The molecule has 4 heteroatoms. The van der Waals surface area contributed by atoms with Gasteiger partial charge < -0.3 is 14.5 Å². The first-order chi connectivity index (χ1) is 13.8. The fourth-order valence-electron chi connectivity index (χ4n) is 4.37. The van der Waals surface area contributed by atoms with Gasteiger partial charge in [0, 0.05) is 54.9 Å². The monoisotopic (exact) mass is 393 g/mol. The van der Waals surface area contributed by atoms with Crippen molar-refractivity contribution in [1.82, 2.24) is 0 Å². The van der Waals surface area contributed by atoms with Crippen LogP contribution in [0.4, 0.5) is 17.1 Å². The number of nitrogens with zero attached hydrogens (tertiary/aromatic N) is 3. The number of fused-ring (bicyclic) bond motifs is 1. The topological polar surface area (TPSA) is 28.1 Å². The van der Waals surface area contributed by atoms with Crippen molar-refractivity contribution in [2.45, 2.75) is 52.5 Å². The van der Waals surface area contributed by atoms with Gasteiger partial charge in [-0.1, -0.05) is 6.92 Å². The lowest BCUT2D eigenvalue weighted by Gasteiger charge is -2.45. The van der Waals surface area contributed by atoms with E-state index < -0.39 is 0 Å². The van der Waals surface area contributed by atoms with Gasteiger partial charge in [-0.25, -0.2) is 0 Å². The van der Waals surface area contributed by atoms with Crippen molar-refractivity contribution >= 4 is 23.3 Å². The van der Waals surface area contributed by atoms with Gasteiger partial charge >= 0.3 is 0 Å². The van der Waals surface area contributed by atoms with Crippen LogP contribution in [0.15, 0.2) is 41.4 Å². The molecule has 1 unspecified atom stereocenters. The Morgan fingerprint density at radius 1 is 1.17 bits per heavy atom. The summed E-state index contributed by atoms with van der Waals surface area (Å²) in [5, 5.41) is 0. The van der Waals surface area contributed by atoms with Crippen LogP contribution in [0.25, 0.3) is 0 Å². The summed E-state index contributed by atoms with van der Waals surface area (Å²) in [7, 11) is 3.91. The van der Waals surface area contributed by atoms with Gasteiger partial charge in [0.2, 0.25) is 0 Å². The minimum atomic E-state index is 0.139. The molecule has 1 aliphatic heterocycles. The van der Waals surface area contributed by atoms with E-state index in [1.165, 1.54) is 16.9 Å². The zero-order valence-corrected chi connectivity index (χ0v) is 19.0. The second-order valence-electron chi connectivity index (χ2n) is 8.58. The van der Waals surface area contributed by atoms with Crippen LogP contribution in [-0.4, -0.2) is 39.0 Å². The maximum atomic E-state index is 5.71. The summed E-state index contributed by atoms with van der Waals surface area (Å²) >= 11 is 0. The molecule has 1 atom stereocenters. The van der Waals surface area contributed by atoms with Gasteiger partial charge in [0.25, 0.3) is 0 Å². The van der Waals surface area contributed by atoms with E-state index in [1.54, 1.807) is 7.11 Å². The van der Waals surface area contributed by atoms with Crippen LogP contribution >= 0.6 is 0 Å². The molecule has 0 N–H and O–H groups in total. The van der Waals surface area contributed by atoms with Gasteiger partial charge in [0.1, 0.15) is 5.75 Å². The number of ether oxygens (including phenoxy) is 1. The van der Waals surface area contributed by atoms with Crippen LogP contribution in [0.5, 0.6) is 5.75 Å². The highest BCUT2D eigenvalue weighted by atomic mass is 16.5. The van der Waals surface area contributed by atoms with Crippen LogP contribution in [0.3, 0.4) is 0 Å². The molecule has 0 radical (unpaired) electrons. The Morgan fingerprint density at radius 3 is 2.41 bits per heavy atom. The second kappa shape index (κ2) is 8.48. The standard InChI is InChI=1S/C25H35N3O/c1-8-28(9-2)21-12-10-20(11-13-21)26-17-19-14-22-18(3)16-25(4,5)27(6)23(22)15-24(19)29-7/h10-15,17-18H,8-9,16H2,1-7H3. The van der Waals surface area contributed by atoms with Crippen molar-refractivity contribution in [2.75, 3.05) is 37.0 Å². The van der Waals surface area contributed by atoms with Gasteiger partial charge in [-0.05, 0) is 75.9 Å². The van der Waals surface area contributed by atoms with Gasteiger partial charge in [-0.3, -0.25) is 4.99 Å². The van der Waals surface area contributed by atoms with Crippen molar-refractivity contribution in [1.29, 1.82) is 0 Å². The number of methoxy groups -OCH3 is 1. The second-order valence-corrected chi connectivity index (χ2v) is 8.58. The average molecular weight is 394 g/mol. The van der Waals surface area contributed by atoms with Crippen LogP contribution < -0.4 is 14.5 Å². The fourth-order valence-corrected chi connectivity index (χ4v) is 4.37. The zero-order chi connectivity index (χ0) is 21.2. The largest absolute Gasteiger partial charge is 0.496 e. The van der Waals surface area contributed by atoms with Gasteiger partial charge in [0.05, 0.1) is 12.8 Å². The van der Waals surface area contributed by atoms with Crippen molar-refractivity contribution in [3.05, 3.63) is 47.5 Å². The van der Waals surface area contributed by atoms with Crippen molar-refractivity contribution in [3.8, 4) is 5.75 Å². The number of benzene rings is 2. The number of rotatable bonds is 6. The quantitative estimate of drug-likeness (QED) is 0.562. The molecule has 0 saturated heterocycles. The number of hydrogen-bond donors (Lipinski definition) is 0. The maximum Gasteiger partial charge on any atom is 0.129 e. The molecule has 0 amide bonds.